The number of hydrogen-bond acceptors (Lipinski definition) is 2. The fraction of sp³-hybridized carbons (Fsp3) is 0. The molecule has 0 aliphatic carbocycles. The van der Waals surface area contributed by atoms with Gasteiger partial charge >= 0.3 is 0 Å². The lowest BCUT2D eigenvalue weighted by atomic mass is 10.0. The van der Waals surface area contributed by atoms with E-state index in [0.717, 1.165) is 61.3 Å². The van der Waals surface area contributed by atoms with E-state index in [2.05, 4.69) is 148 Å². The molecule has 0 spiro atoms. The van der Waals surface area contributed by atoms with Crippen molar-refractivity contribution < 1.29 is 0 Å². The molecule has 7 aromatic carbocycles. The van der Waals surface area contributed by atoms with Gasteiger partial charge in [-0.05, 0) is 54.6 Å². The molecule has 0 aliphatic rings. The highest BCUT2D eigenvalue weighted by Crippen LogP contribution is 2.40. The summed E-state index contributed by atoms with van der Waals surface area (Å²) in [7, 11) is 0. The fourth-order valence-electron chi connectivity index (χ4n) is 7.41. The van der Waals surface area contributed by atoms with Gasteiger partial charge in [0.2, 0.25) is 0 Å². The van der Waals surface area contributed by atoms with Crippen LogP contribution in [0.25, 0.3) is 88.4 Å². The van der Waals surface area contributed by atoms with Gasteiger partial charge in [-0.15, -0.1) is 0 Å². The van der Waals surface area contributed by atoms with Crippen LogP contribution in [0.5, 0.6) is 0 Å². The second-order valence-electron chi connectivity index (χ2n) is 12.2. The molecule has 224 valence electrons. The first-order valence-electron chi connectivity index (χ1n) is 16.3. The van der Waals surface area contributed by atoms with Gasteiger partial charge in [-0.1, -0.05) is 115 Å². The predicted octanol–water partition coefficient (Wildman–Crippen LogP) is 11.2. The lowest BCUT2D eigenvalue weighted by Crippen LogP contribution is -2.00. The SMILES string of the molecule is c1ccc(-c2nc3ccccc3nc2-c2ccc3c(c2)c2cccc4c5ccccc5n(-c5ccccc5)c5ccccc5n3c42)cc1. The molecule has 0 N–H and O–H groups in total. The molecular weight excluding hydrogens is 585 g/mol. The van der Waals surface area contributed by atoms with E-state index in [1.165, 1.54) is 27.1 Å². The van der Waals surface area contributed by atoms with E-state index in [9.17, 15) is 0 Å². The Bertz CT molecular complexity index is 2880. The lowest BCUT2D eigenvalue weighted by Gasteiger charge is -2.16. The van der Waals surface area contributed by atoms with E-state index in [1.54, 1.807) is 0 Å². The van der Waals surface area contributed by atoms with Gasteiger partial charge < -0.3 is 8.97 Å². The minimum absolute atomic E-state index is 0.879. The summed E-state index contributed by atoms with van der Waals surface area (Å²) in [6, 6.07) is 60.2. The number of benzene rings is 7. The highest BCUT2D eigenvalue weighted by Gasteiger charge is 2.19. The number of fused-ring (bicyclic) bond motifs is 8. The third kappa shape index (κ3) is 3.96. The van der Waals surface area contributed by atoms with Crippen molar-refractivity contribution in [2.75, 3.05) is 0 Å². The van der Waals surface area contributed by atoms with E-state index < -0.39 is 0 Å². The van der Waals surface area contributed by atoms with Gasteiger partial charge in [0.05, 0.1) is 50.0 Å². The zero-order valence-electron chi connectivity index (χ0n) is 26.0. The van der Waals surface area contributed by atoms with Gasteiger partial charge in [-0.25, -0.2) is 9.97 Å². The summed E-state index contributed by atoms with van der Waals surface area (Å²) >= 11 is 0. The van der Waals surface area contributed by atoms with E-state index in [-0.39, 0.29) is 0 Å². The Morgan fingerprint density at radius 1 is 0.354 bits per heavy atom. The van der Waals surface area contributed by atoms with Crippen molar-refractivity contribution in [3.8, 4) is 28.2 Å². The van der Waals surface area contributed by atoms with Gasteiger partial charge in [-0.3, -0.25) is 0 Å². The van der Waals surface area contributed by atoms with Crippen LogP contribution in [0, 0.1) is 0 Å². The molecule has 0 amide bonds. The molecule has 0 bridgehead atoms. The third-order valence-electron chi connectivity index (χ3n) is 9.49. The summed E-state index contributed by atoms with van der Waals surface area (Å²) in [6.07, 6.45) is 0. The quantitative estimate of drug-likeness (QED) is 0.199. The summed E-state index contributed by atoms with van der Waals surface area (Å²) in [6.45, 7) is 0. The molecule has 0 atom stereocenters. The molecule has 4 nitrogen and oxygen atoms in total. The minimum Gasteiger partial charge on any atom is -0.308 e. The third-order valence-corrected chi connectivity index (χ3v) is 9.49. The molecule has 10 aromatic rings. The van der Waals surface area contributed by atoms with Crippen molar-refractivity contribution >= 4 is 60.2 Å². The molecule has 48 heavy (non-hydrogen) atoms. The van der Waals surface area contributed by atoms with Gasteiger partial charge in [0.25, 0.3) is 0 Å². The summed E-state index contributed by atoms with van der Waals surface area (Å²) in [5.41, 5.74) is 12.5. The number of aromatic nitrogens is 4. The normalized spacial score (nSPS) is 11.8. The predicted molar refractivity (Wildman–Crippen MR) is 200 cm³/mol. The molecule has 0 fully saturated rings. The zero-order chi connectivity index (χ0) is 31.6. The van der Waals surface area contributed by atoms with E-state index in [0.29, 0.717) is 0 Å². The summed E-state index contributed by atoms with van der Waals surface area (Å²) in [5.74, 6) is 0. The van der Waals surface area contributed by atoms with Crippen LogP contribution in [0.1, 0.15) is 0 Å². The van der Waals surface area contributed by atoms with Crippen LogP contribution in [0.4, 0.5) is 0 Å². The minimum atomic E-state index is 0.879. The van der Waals surface area contributed by atoms with E-state index in [1.807, 2.05) is 30.3 Å². The second-order valence-corrected chi connectivity index (χ2v) is 12.2. The van der Waals surface area contributed by atoms with Crippen LogP contribution in [-0.2, 0) is 0 Å². The van der Waals surface area contributed by atoms with Crippen molar-refractivity contribution in [1.82, 2.24) is 18.9 Å². The Morgan fingerprint density at radius 3 is 1.67 bits per heavy atom. The van der Waals surface area contributed by atoms with Crippen LogP contribution < -0.4 is 0 Å². The first kappa shape index (κ1) is 26.7. The standard InChI is InChI=1S/C44H28N4/c1-3-14-29(15-4-1)42-43(46-37-22-9-8-21-36(37)45-42)30-26-27-39-35(28-30)34-20-13-19-33-32-18-7-10-23-38(32)47(31-16-5-2-6-17-31)40-24-11-12-25-41(40)48(39)44(33)34/h1-28H. The fourth-order valence-corrected chi connectivity index (χ4v) is 7.41. The molecule has 10 rings (SSSR count). The topological polar surface area (TPSA) is 35.1 Å². The van der Waals surface area contributed by atoms with Gasteiger partial charge in [-0.2, -0.15) is 0 Å². The average molecular weight is 613 g/mol. The van der Waals surface area contributed by atoms with E-state index in [4.69, 9.17) is 9.97 Å². The Morgan fingerprint density at radius 2 is 0.917 bits per heavy atom. The first-order valence-corrected chi connectivity index (χ1v) is 16.3. The Hall–Kier alpha value is -6.52. The molecule has 0 aliphatic heterocycles. The number of rotatable bonds is 3. The van der Waals surface area contributed by atoms with Crippen molar-refractivity contribution in [3.63, 3.8) is 0 Å². The maximum Gasteiger partial charge on any atom is 0.0973 e. The van der Waals surface area contributed by atoms with Gasteiger partial charge in [0.15, 0.2) is 0 Å². The molecule has 3 aromatic heterocycles. The van der Waals surface area contributed by atoms with Crippen LogP contribution in [0.2, 0.25) is 0 Å². The van der Waals surface area contributed by atoms with Crippen molar-refractivity contribution in [1.29, 1.82) is 0 Å². The van der Waals surface area contributed by atoms with Crippen LogP contribution in [0.15, 0.2) is 170 Å². The molecular formula is C44H28N4. The average Bonchev–Trinajstić information content (AvgIpc) is 3.49. The number of para-hydroxylation sites is 7. The monoisotopic (exact) mass is 612 g/mol. The van der Waals surface area contributed by atoms with Gasteiger partial charge in [0.1, 0.15) is 0 Å². The van der Waals surface area contributed by atoms with Gasteiger partial charge in [0, 0.05) is 38.4 Å². The van der Waals surface area contributed by atoms with Crippen LogP contribution in [-0.4, -0.2) is 18.9 Å². The summed E-state index contributed by atoms with van der Waals surface area (Å²) < 4.78 is 4.85. The van der Waals surface area contributed by atoms with Crippen LogP contribution >= 0.6 is 0 Å². The van der Waals surface area contributed by atoms with Crippen LogP contribution in [0.3, 0.4) is 0 Å². The Kier molecular flexibility index (Phi) is 5.84. The van der Waals surface area contributed by atoms with Crippen molar-refractivity contribution in [2.24, 2.45) is 0 Å². The Labute approximate surface area is 276 Å². The summed E-state index contributed by atoms with van der Waals surface area (Å²) in [4.78, 5) is 10.4. The number of nitrogens with zero attached hydrogens (tertiary/aromatic N) is 4. The lowest BCUT2D eigenvalue weighted by molar-refractivity contribution is 1.16. The molecule has 3 heterocycles. The smallest absolute Gasteiger partial charge is 0.0973 e. The first-order chi connectivity index (χ1) is 23.8. The summed E-state index contributed by atoms with van der Waals surface area (Å²) in [5, 5.41) is 4.78. The zero-order valence-corrected chi connectivity index (χ0v) is 26.0. The maximum atomic E-state index is 5.23. The van der Waals surface area contributed by atoms with Crippen molar-refractivity contribution in [3.05, 3.63) is 170 Å². The molecule has 0 radical (unpaired) electrons. The molecule has 0 unspecified atom stereocenters. The maximum absolute atomic E-state index is 5.23. The molecule has 0 saturated heterocycles. The molecule has 0 saturated carbocycles. The molecule has 4 heteroatoms. The highest BCUT2D eigenvalue weighted by molar-refractivity contribution is 6.21. The van der Waals surface area contributed by atoms with Crippen molar-refractivity contribution in [2.45, 2.75) is 0 Å². The highest BCUT2D eigenvalue weighted by atomic mass is 15.0. The Balaban J connectivity index is 1.38. The largest absolute Gasteiger partial charge is 0.308 e. The second kappa shape index (κ2) is 10.5. The number of hydrogen-bond donors (Lipinski definition) is 0. The van der Waals surface area contributed by atoms with E-state index >= 15 is 0 Å².